The zero-order valence-corrected chi connectivity index (χ0v) is 16.9. The SMILES string of the molecule is O=C(O)[C@H](F)Cc1c(C2CCOCC2)n(-c2ccc(F)cc2)c2cc3cn[nH]c3c(F)c12. The van der Waals surface area contributed by atoms with Gasteiger partial charge in [-0.3, -0.25) is 5.10 Å². The second-order valence-electron chi connectivity index (χ2n) is 7.99. The maximum atomic E-state index is 15.7. The molecule has 0 unspecified atom stereocenters. The number of carboxylic acid groups (broad SMARTS) is 1. The normalized spacial score (nSPS) is 16.1. The lowest BCUT2D eigenvalue weighted by atomic mass is 9.90. The van der Waals surface area contributed by atoms with Crippen LogP contribution in [0.5, 0.6) is 0 Å². The number of carbonyl (C=O) groups is 1. The predicted octanol–water partition coefficient (Wildman–Crippen LogP) is 4.64. The fourth-order valence-electron chi connectivity index (χ4n) is 4.64. The van der Waals surface area contributed by atoms with Gasteiger partial charge in [-0.2, -0.15) is 5.10 Å². The summed E-state index contributed by atoms with van der Waals surface area (Å²) >= 11 is 0. The molecule has 5 rings (SSSR count). The van der Waals surface area contributed by atoms with Crippen LogP contribution in [0.4, 0.5) is 13.2 Å². The highest BCUT2D eigenvalue weighted by Gasteiger charge is 2.32. The first kappa shape index (κ1) is 20.6. The Hall–Kier alpha value is -3.33. The minimum Gasteiger partial charge on any atom is -0.479 e. The Morgan fingerprint density at radius 2 is 1.97 bits per heavy atom. The number of benzene rings is 2. The summed E-state index contributed by atoms with van der Waals surface area (Å²) < 4.78 is 51.2. The largest absolute Gasteiger partial charge is 0.479 e. The predicted molar refractivity (Wildman–Crippen MR) is 112 cm³/mol. The summed E-state index contributed by atoms with van der Waals surface area (Å²) in [5.74, 6) is -2.74. The van der Waals surface area contributed by atoms with Crippen molar-refractivity contribution in [2.75, 3.05) is 13.2 Å². The minimum atomic E-state index is -2.20. The Bertz CT molecular complexity index is 1310. The molecule has 1 aliphatic rings. The van der Waals surface area contributed by atoms with Gasteiger partial charge in [0.15, 0.2) is 5.82 Å². The smallest absolute Gasteiger partial charge is 0.338 e. The standard InChI is InChI=1S/C23H20F3N3O3/c24-14-1-3-15(4-2-14)29-18-9-13-11-27-28-21(13)20(26)19(18)16(10-17(25)23(30)31)22(29)12-5-7-32-8-6-12/h1-4,9,11-12,17H,5-8,10H2,(H,27,28)(H,30,31)/t17-/m1/s1. The topological polar surface area (TPSA) is 80.1 Å². The summed E-state index contributed by atoms with van der Waals surface area (Å²) in [6.07, 6.45) is 0.0508. The maximum Gasteiger partial charge on any atom is 0.338 e. The van der Waals surface area contributed by atoms with Gasteiger partial charge >= 0.3 is 5.97 Å². The van der Waals surface area contributed by atoms with Gasteiger partial charge in [-0.25, -0.2) is 18.0 Å². The first-order valence-electron chi connectivity index (χ1n) is 10.3. The summed E-state index contributed by atoms with van der Waals surface area (Å²) in [6.45, 7) is 0.973. The van der Waals surface area contributed by atoms with Crippen LogP contribution in [-0.4, -0.2) is 45.2 Å². The summed E-state index contributed by atoms with van der Waals surface area (Å²) in [4.78, 5) is 11.3. The van der Waals surface area contributed by atoms with Gasteiger partial charge in [-0.1, -0.05) is 0 Å². The Morgan fingerprint density at radius 1 is 1.25 bits per heavy atom. The van der Waals surface area contributed by atoms with Crippen molar-refractivity contribution in [1.29, 1.82) is 0 Å². The van der Waals surface area contributed by atoms with Crippen LogP contribution < -0.4 is 0 Å². The summed E-state index contributed by atoms with van der Waals surface area (Å²) in [5, 5.41) is 16.4. The second kappa shape index (κ2) is 7.98. The van der Waals surface area contributed by atoms with Crippen molar-refractivity contribution in [2.45, 2.75) is 31.4 Å². The highest BCUT2D eigenvalue weighted by Crippen LogP contribution is 2.41. The molecule has 0 radical (unpaired) electrons. The van der Waals surface area contributed by atoms with Gasteiger partial charge in [0, 0.05) is 47.7 Å². The van der Waals surface area contributed by atoms with E-state index in [0.29, 0.717) is 53.9 Å². The van der Waals surface area contributed by atoms with Gasteiger partial charge in [0.2, 0.25) is 6.17 Å². The van der Waals surface area contributed by atoms with Crippen molar-refractivity contribution in [3.05, 3.63) is 59.4 Å². The lowest BCUT2D eigenvalue weighted by Gasteiger charge is -2.26. The number of carboxylic acids is 1. The number of rotatable bonds is 5. The lowest BCUT2D eigenvalue weighted by Crippen LogP contribution is -2.21. The van der Waals surface area contributed by atoms with Crippen LogP contribution in [-0.2, 0) is 16.0 Å². The minimum absolute atomic E-state index is 0.104. The number of hydrogen-bond acceptors (Lipinski definition) is 3. The molecule has 0 spiro atoms. The van der Waals surface area contributed by atoms with Crippen molar-refractivity contribution in [1.82, 2.24) is 14.8 Å². The molecule has 0 amide bonds. The van der Waals surface area contributed by atoms with E-state index in [4.69, 9.17) is 4.74 Å². The van der Waals surface area contributed by atoms with Crippen LogP contribution in [0.3, 0.4) is 0 Å². The molecular weight excluding hydrogens is 423 g/mol. The zero-order chi connectivity index (χ0) is 22.4. The van der Waals surface area contributed by atoms with Gasteiger partial charge in [0.25, 0.3) is 0 Å². The fraction of sp³-hybridized carbons (Fsp3) is 0.304. The Kier molecular flexibility index (Phi) is 5.13. The molecule has 1 saturated heterocycles. The number of alkyl halides is 1. The molecule has 2 aromatic heterocycles. The Labute approximate surface area is 180 Å². The summed E-state index contributed by atoms with van der Waals surface area (Å²) in [6, 6.07) is 7.49. The molecule has 9 heteroatoms. The maximum absolute atomic E-state index is 15.7. The fourth-order valence-corrected chi connectivity index (χ4v) is 4.64. The van der Waals surface area contributed by atoms with E-state index in [1.54, 1.807) is 22.8 Å². The number of hydrogen-bond donors (Lipinski definition) is 2. The van der Waals surface area contributed by atoms with E-state index in [0.717, 1.165) is 0 Å². The molecule has 1 aliphatic heterocycles. The van der Waals surface area contributed by atoms with Crippen LogP contribution >= 0.6 is 0 Å². The molecule has 0 saturated carbocycles. The van der Waals surface area contributed by atoms with Crippen molar-refractivity contribution in [2.24, 2.45) is 0 Å². The number of H-pyrrole nitrogens is 1. The van der Waals surface area contributed by atoms with E-state index in [1.807, 2.05) is 0 Å². The average molecular weight is 443 g/mol. The van der Waals surface area contributed by atoms with Crippen molar-refractivity contribution >= 4 is 27.8 Å². The number of aliphatic carboxylic acids is 1. The molecule has 1 fully saturated rings. The molecule has 1 atom stereocenters. The van der Waals surface area contributed by atoms with Crippen LogP contribution in [0.2, 0.25) is 0 Å². The molecule has 6 nitrogen and oxygen atoms in total. The number of fused-ring (bicyclic) bond motifs is 2. The van der Waals surface area contributed by atoms with E-state index < -0.39 is 30.2 Å². The molecule has 0 bridgehead atoms. The molecule has 2 N–H and O–H groups in total. The van der Waals surface area contributed by atoms with Crippen LogP contribution in [0.15, 0.2) is 36.5 Å². The molecule has 166 valence electrons. The average Bonchev–Trinajstić information content (AvgIpc) is 3.38. The molecule has 0 aliphatic carbocycles. The molecular formula is C23H20F3N3O3. The molecule has 4 aromatic rings. The Balaban J connectivity index is 1.88. The second-order valence-corrected chi connectivity index (χ2v) is 7.99. The third-order valence-electron chi connectivity index (χ3n) is 6.09. The highest BCUT2D eigenvalue weighted by molar-refractivity contribution is 5.99. The van der Waals surface area contributed by atoms with Crippen LogP contribution in [0.1, 0.15) is 30.0 Å². The summed E-state index contributed by atoms with van der Waals surface area (Å²) in [7, 11) is 0. The van der Waals surface area contributed by atoms with E-state index in [2.05, 4.69) is 10.2 Å². The van der Waals surface area contributed by atoms with E-state index in [9.17, 15) is 18.7 Å². The van der Waals surface area contributed by atoms with E-state index in [-0.39, 0.29) is 16.8 Å². The lowest BCUT2D eigenvalue weighted by molar-refractivity contribution is -0.142. The van der Waals surface area contributed by atoms with Crippen molar-refractivity contribution in [3.8, 4) is 5.69 Å². The highest BCUT2D eigenvalue weighted by atomic mass is 19.1. The first-order chi connectivity index (χ1) is 15.5. The number of aromatic amines is 1. The van der Waals surface area contributed by atoms with E-state index >= 15 is 4.39 Å². The third kappa shape index (κ3) is 3.33. The van der Waals surface area contributed by atoms with Gasteiger partial charge in [0.05, 0.1) is 11.7 Å². The molecule has 2 aromatic carbocycles. The quantitative estimate of drug-likeness (QED) is 0.471. The van der Waals surface area contributed by atoms with E-state index in [1.165, 1.54) is 18.3 Å². The number of nitrogens with zero attached hydrogens (tertiary/aromatic N) is 2. The van der Waals surface area contributed by atoms with Gasteiger partial charge in [0.1, 0.15) is 11.3 Å². The Morgan fingerprint density at radius 3 is 2.66 bits per heavy atom. The number of ether oxygens (including phenoxy) is 1. The van der Waals surface area contributed by atoms with Gasteiger partial charge in [-0.05, 0) is 48.7 Å². The third-order valence-corrected chi connectivity index (χ3v) is 6.09. The zero-order valence-electron chi connectivity index (χ0n) is 16.9. The van der Waals surface area contributed by atoms with Gasteiger partial charge < -0.3 is 14.4 Å². The number of nitrogens with one attached hydrogen (secondary N) is 1. The van der Waals surface area contributed by atoms with Crippen LogP contribution in [0.25, 0.3) is 27.5 Å². The number of aromatic nitrogens is 3. The van der Waals surface area contributed by atoms with Gasteiger partial charge in [-0.15, -0.1) is 0 Å². The number of halogens is 3. The summed E-state index contributed by atoms with van der Waals surface area (Å²) in [5.41, 5.74) is 2.15. The monoisotopic (exact) mass is 443 g/mol. The van der Waals surface area contributed by atoms with Crippen molar-refractivity contribution in [3.63, 3.8) is 0 Å². The molecule has 32 heavy (non-hydrogen) atoms. The molecule has 3 heterocycles. The van der Waals surface area contributed by atoms with Crippen molar-refractivity contribution < 1.29 is 27.8 Å². The first-order valence-corrected chi connectivity index (χ1v) is 10.3. The van der Waals surface area contributed by atoms with Crippen LogP contribution in [0, 0.1) is 11.6 Å².